The maximum atomic E-state index is 7.26. The second-order valence-electron chi connectivity index (χ2n) is 14.8. The van der Waals surface area contributed by atoms with Gasteiger partial charge in [-0.2, -0.15) is 0 Å². The zero-order valence-electron chi connectivity index (χ0n) is 30.0. The molecule has 0 amide bonds. The second-order valence-corrected chi connectivity index (χ2v) is 14.8. The van der Waals surface area contributed by atoms with Crippen LogP contribution in [0.3, 0.4) is 0 Å². The number of ether oxygens (including phenoxy) is 2. The van der Waals surface area contributed by atoms with E-state index in [-0.39, 0.29) is 5.41 Å². The van der Waals surface area contributed by atoms with Crippen LogP contribution in [0.25, 0.3) is 39.8 Å². The summed E-state index contributed by atoms with van der Waals surface area (Å²) in [5.74, 6) is 1.66. The molecule has 0 radical (unpaired) electrons. The fourth-order valence-corrected chi connectivity index (χ4v) is 8.72. The first-order chi connectivity index (χ1) is 25.9. The smallest absolute Gasteiger partial charge is 0.228 e. The number of hydrogen-bond acceptors (Lipinski definition) is 4. The van der Waals surface area contributed by atoms with Gasteiger partial charge < -0.3 is 14.4 Å². The minimum absolute atomic E-state index is 0.299. The fraction of sp³-hybridized carbons (Fsp3) is 0.122. The molecule has 0 aliphatic carbocycles. The zero-order chi connectivity index (χ0) is 35.8. The third-order valence-electron chi connectivity index (χ3n) is 11.6. The number of nitrogens with zero attached hydrogens (tertiary/aromatic N) is 2. The van der Waals surface area contributed by atoms with Gasteiger partial charge in [0.2, 0.25) is 5.72 Å². The van der Waals surface area contributed by atoms with Gasteiger partial charge in [-0.25, -0.2) is 0 Å². The molecule has 3 heterocycles. The van der Waals surface area contributed by atoms with Crippen LogP contribution in [0.4, 0.5) is 11.4 Å². The average Bonchev–Trinajstić information content (AvgIpc) is 3.37. The number of benzene rings is 7. The van der Waals surface area contributed by atoms with Gasteiger partial charge in [0.25, 0.3) is 0 Å². The van der Waals surface area contributed by atoms with E-state index in [9.17, 15) is 0 Å². The summed E-state index contributed by atoms with van der Waals surface area (Å²) in [6.07, 6.45) is 10.8. The van der Waals surface area contributed by atoms with Crippen molar-refractivity contribution in [3.63, 3.8) is 0 Å². The molecule has 7 aromatic carbocycles. The van der Waals surface area contributed by atoms with Gasteiger partial charge in [0.1, 0.15) is 17.2 Å². The molecule has 0 N–H and O–H groups in total. The van der Waals surface area contributed by atoms with E-state index in [1.54, 1.807) is 0 Å². The molecular formula is C49H38N2O2. The monoisotopic (exact) mass is 686 g/mol. The lowest BCUT2D eigenvalue weighted by atomic mass is 9.77. The molecule has 53 heavy (non-hydrogen) atoms. The normalized spacial score (nSPS) is 18.9. The fourth-order valence-electron chi connectivity index (χ4n) is 8.72. The lowest BCUT2D eigenvalue weighted by molar-refractivity contribution is 0.0826. The molecule has 1 atom stereocenters. The molecule has 7 aromatic rings. The Balaban J connectivity index is 1.03. The molecule has 0 bridgehead atoms. The highest BCUT2D eigenvalue weighted by atomic mass is 16.5. The minimum atomic E-state index is -0.769. The van der Waals surface area contributed by atoms with Crippen molar-refractivity contribution in [1.82, 2.24) is 0 Å². The van der Waals surface area contributed by atoms with Crippen LogP contribution in [-0.2, 0) is 11.0 Å². The molecule has 1 spiro atoms. The number of anilines is 1. The highest BCUT2D eigenvalue weighted by Crippen LogP contribution is 2.54. The topological polar surface area (TPSA) is 34.1 Å². The average molecular weight is 687 g/mol. The predicted molar refractivity (Wildman–Crippen MR) is 220 cm³/mol. The van der Waals surface area contributed by atoms with Crippen LogP contribution in [0.15, 0.2) is 157 Å². The van der Waals surface area contributed by atoms with Gasteiger partial charge in [-0.1, -0.05) is 133 Å². The number of aliphatic imine (C=N–C) groups is 1. The Morgan fingerprint density at radius 1 is 0.642 bits per heavy atom. The van der Waals surface area contributed by atoms with Crippen LogP contribution in [0.1, 0.15) is 47.2 Å². The van der Waals surface area contributed by atoms with Gasteiger partial charge in [0, 0.05) is 40.4 Å². The van der Waals surface area contributed by atoms with Crippen LogP contribution in [0.5, 0.6) is 11.5 Å². The molecule has 3 aliphatic heterocycles. The highest BCUT2D eigenvalue weighted by Gasteiger charge is 2.58. The summed E-state index contributed by atoms with van der Waals surface area (Å²) < 4.78 is 14.2. The molecule has 4 heteroatoms. The Hall–Kier alpha value is -6.39. The van der Waals surface area contributed by atoms with Crippen molar-refractivity contribution in [3.8, 4) is 11.5 Å². The molecule has 0 aromatic heterocycles. The Morgan fingerprint density at radius 2 is 1.34 bits per heavy atom. The summed E-state index contributed by atoms with van der Waals surface area (Å²) in [6, 6.07) is 51.1. The first-order valence-electron chi connectivity index (χ1n) is 18.3. The maximum absolute atomic E-state index is 7.26. The molecular weight excluding hydrogens is 649 g/mol. The summed E-state index contributed by atoms with van der Waals surface area (Å²) in [6.45, 7) is 4.48. The third-order valence-corrected chi connectivity index (χ3v) is 11.6. The molecule has 256 valence electrons. The quantitative estimate of drug-likeness (QED) is 0.173. The summed E-state index contributed by atoms with van der Waals surface area (Å²) in [7, 11) is 2.10. The standard InChI is InChI=1S/C49H38N2O2/c1-47(2)42-20-12-13-21-43(42)51(3)49(47)32-50-45-40-26-23-33(30-35(40)25-27-44(45)52-49)22-24-36-31-34-14-10-11-19-39(34)41-28-29-48(53-46(36)41,37-15-6-4-7-16-37)38-17-8-5-9-18-38/h4-32H,1-3H3/b24-22-. The molecule has 0 saturated carbocycles. The van der Waals surface area contributed by atoms with Gasteiger partial charge in [-0.05, 0) is 77.6 Å². The van der Waals surface area contributed by atoms with E-state index >= 15 is 0 Å². The van der Waals surface area contributed by atoms with Gasteiger partial charge in [-0.15, -0.1) is 0 Å². The van der Waals surface area contributed by atoms with Crippen molar-refractivity contribution in [2.45, 2.75) is 30.6 Å². The maximum Gasteiger partial charge on any atom is 0.228 e. The van der Waals surface area contributed by atoms with E-state index in [4.69, 9.17) is 14.5 Å². The van der Waals surface area contributed by atoms with E-state index in [0.717, 1.165) is 55.8 Å². The number of para-hydroxylation sites is 1. The number of likely N-dealkylation sites (N-methyl/N-ethyl adjacent to an activating group) is 1. The molecule has 10 rings (SSSR count). The summed E-state index contributed by atoms with van der Waals surface area (Å²) >= 11 is 0. The summed E-state index contributed by atoms with van der Waals surface area (Å²) in [5, 5.41) is 4.51. The van der Waals surface area contributed by atoms with E-state index in [1.807, 2.05) is 18.3 Å². The second kappa shape index (κ2) is 11.6. The molecule has 3 aliphatic rings. The summed E-state index contributed by atoms with van der Waals surface area (Å²) in [5.41, 5.74) is 6.88. The van der Waals surface area contributed by atoms with Crippen molar-refractivity contribution < 1.29 is 9.47 Å². The Bertz CT molecular complexity index is 2630. The van der Waals surface area contributed by atoms with Crippen molar-refractivity contribution in [2.24, 2.45) is 4.99 Å². The van der Waals surface area contributed by atoms with E-state index < -0.39 is 11.3 Å². The largest absolute Gasteiger partial charge is 0.472 e. The molecule has 4 nitrogen and oxygen atoms in total. The molecule has 0 saturated heterocycles. The minimum Gasteiger partial charge on any atom is -0.472 e. The third kappa shape index (κ3) is 4.58. The zero-order valence-corrected chi connectivity index (χ0v) is 30.0. The lowest BCUT2D eigenvalue weighted by Gasteiger charge is -2.45. The number of rotatable bonds is 4. The molecule has 0 fully saturated rings. The predicted octanol–water partition coefficient (Wildman–Crippen LogP) is 11.7. The van der Waals surface area contributed by atoms with Crippen molar-refractivity contribution >= 4 is 57.4 Å². The van der Waals surface area contributed by atoms with Crippen LogP contribution in [0.2, 0.25) is 0 Å². The summed E-state index contributed by atoms with van der Waals surface area (Å²) in [4.78, 5) is 7.34. The van der Waals surface area contributed by atoms with Crippen molar-refractivity contribution in [1.29, 1.82) is 0 Å². The van der Waals surface area contributed by atoms with E-state index in [2.05, 4.69) is 184 Å². The van der Waals surface area contributed by atoms with Crippen LogP contribution >= 0.6 is 0 Å². The van der Waals surface area contributed by atoms with Gasteiger partial charge >= 0.3 is 0 Å². The SMILES string of the molecule is CN1c2ccccc2C(C)(C)C12C=Nc1c(ccc3cc(/C=C\c4cc5ccccc5c5c4OC(c4ccccc4)(c4ccccc4)C=C5)ccc13)O2. The van der Waals surface area contributed by atoms with Crippen LogP contribution in [-0.4, -0.2) is 19.0 Å². The first kappa shape index (κ1) is 31.4. The first-order valence-corrected chi connectivity index (χ1v) is 18.3. The number of fused-ring (bicyclic) bond motifs is 7. The van der Waals surface area contributed by atoms with Crippen LogP contribution in [0, 0.1) is 0 Å². The van der Waals surface area contributed by atoms with Gasteiger partial charge in [0.15, 0.2) is 5.60 Å². The van der Waals surface area contributed by atoms with Gasteiger partial charge in [0.05, 0.1) is 11.6 Å². The van der Waals surface area contributed by atoms with E-state index in [0.29, 0.717) is 0 Å². The van der Waals surface area contributed by atoms with Gasteiger partial charge in [-0.3, -0.25) is 4.99 Å². The molecule has 1 unspecified atom stereocenters. The highest BCUT2D eigenvalue weighted by molar-refractivity contribution is 6.01. The van der Waals surface area contributed by atoms with E-state index in [1.165, 1.54) is 22.0 Å². The van der Waals surface area contributed by atoms with Crippen molar-refractivity contribution in [3.05, 3.63) is 185 Å². The van der Waals surface area contributed by atoms with Crippen molar-refractivity contribution in [2.75, 3.05) is 11.9 Å². The Labute approximate surface area is 310 Å². The number of hydrogen-bond donors (Lipinski definition) is 0. The van der Waals surface area contributed by atoms with Crippen LogP contribution < -0.4 is 14.4 Å². The lowest BCUT2D eigenvalue weighted by Crippen LogP contribution is -2.61. The Kier molecular flexibility index (Phi) is 6.84. The Morgan fingerprint density at radius 3 is 2.11 bits per heavy atom.